The van der Waals surface area contributed by atoms with Crippen LogP contribution < -0.4 is 16.0 Å². The van der Waals surface area contributed by atoms with Crippen LogP contribution in [0.1, 0.15) is 52.5 Å². The lowest BCUT2D eigenvalue weighted by Crippen LogP contribution is -2.54. The van der Waals surface area contributed by atoms with Gasteiger partial charge in [-0.3, -0.25) is 9.59 Å². The molecule has 3 N–H and O–H groups in total. The summed E-state index contributed by atoms with van der Waals surface area (Å²) in [7, 11) is 2.41. The van der Waals surface area contributed by atoms with Crippen LogP contribution in [0.2, 0.25) is 0 Å². The van der Waals surface area contributed by atoms with Crippen molar-refractivity contribution >= 4 is 29.8 Å². The van der Waals surface area contributed by atoms with Crippen molar-refractivity contribution in [1.82, 2.24) is 16.0 Å². The first kappa shape index (κ1) is 31.4. The zero-order valence-electron chi connectivity index (χ0n) is 22.4. The first-order chi connectivity index (χ1) is 17.5. The number of methoxy groups -OCH3 is 2. The lowest BCUT2D eigenvalue weighted by atomic mass is 10.0. The van der Waals surface area contributed by atoms with Gasteiger partial charge in [-0.1, -0.05) is 58.0 Å². The van der Waals surface area contributed by atoms with Gasteiger partial charge in [0.25, 0.3) is 0 Å². The summed E-state index contributed by atoms with van der Waals surface area (Å²) in [6.45, 7) is 7.45. The minimum Gasteiger partial charge on any atom is -0.467 e. The second-order valence-electron chi connectivity index (χ2n) is 9.45. The third-order valence-corrected chi connectivity index (χ3v) is 5.25. The van der Waals surface area contributed by atoms with Gasteiger partial charge in [0.15, 0.2) is 0 Å². The summed E-state index contributed by atoms with van der Waals surface area (Å²) in [6, 6.07) is 5.63. The molecule has 11 heteroatoms. The highest BCUT2D eigenvalue weighted by Gasteiger charge is 2.31. The van der Waals surface area contributed by atoms with Crippen LogP contribution in [0.5, 0.6) is 0 Å². The van der Waals surface area contributed by atoms with Crippen LogP contribution in [-0.2, 0) is 40.0 Å². The maximum absolute atomic E-state index is 13.1. The molecule has 0 spiro atoms. The maximum Gasteiger partial charge on any atom is 0.408 e. The Hall–Kier alpha value is -3.63. The molecule has 3 amide bonds. The second kappa shape index (κ2) is 16.2. The van der Waals surface area contributed by atoms with E-state index in [1.54, 1.807) is 24.3 Å². The van der Waals surface area contributed by atoms with Crippen molar-refractivity contribution in [2.45, 2.75) is 71.7 Å². The number of esters is 2. The van der Waals surface area contributed by atoms with Gasteiger partial charge in [0.1, 0.15) is 24.7 Å². The molecule has 1 aromatic carbocycles. The second-order valence-corrected chi connectivity index (χ2v) is 9.45. The number of hydrogen-bond acceptors (Lipinski definition) is 8. The molecule has 206 valence electrons. The Morgan fingerprint density at radius 3 is 1.73 bits per heavy atom. The molecule has 0 fully saturated rings. The Morgan fingerprint density at radius 2 is 1.24 bits per heavy atom. The van der Waals surface area contributed by atoms with E-state index in [1.807, 2.05) is 33.8 Å². The molecular formula is C26H39N3O8. The zero-order chi connectivity index (χ0) is 28.0. The fourth-order valence-electron chi connectivity index (χ4n) is 3.48. The zero-order valence-corrected chi connectivity index (χ0v) is 22.4. The van der Waals surface area contributed by atoms with E-state index in [-0.39, 0.29) is 24.9 Å². The van der Waals surface area contributed by atoms with E-state index in [1.165, 1.54) is 14.2 Å². The summed E-state index contributed by atoms with van der Waals surface area (Å²) in [5.74, 6) is -2.60. The molecule has 0 aliphatic heterocycles. The maximum atomic E-state index is 13.1. The van der Waals surface area contributed by atoms with Crippen molar-refractivity contribution in [3.63, 3.8) is 0 Å². The predicted molar refractivity (Wildman–Crippen MR) is 135 cm³/mol. The lowest BCUT2D eigenvalue weighted by molar-refractivity contribution is -0.146. The van der Waals surface area contributed by atoms with Gasteiger partial charge in [-0.15, -0.1) is 0 Å². The van der Waals surface area contributed by atoms with Crippen molar-refractivity contribution in [2.75, 3.05) is 14.2 Å². The van der Waals surface area contributed by atoms with Crippen molar-refractivity contribution in [3.05, 3.63) is 35.9 Å². The molecule has 0 aromatic heterocycles. The number of rotatable bonds is 14. The average Bonchev–Trinajstić information content (AvgIpc) is 2.85. The summed E-state index contributed by atoms with van der Waals surface area (Å²) >= 11 is 0. The lowest BCUT2D eigenvalue weighted by Gasteiger charge is -2.24. The standard InChI is InChI=1S/C26H39N3O8/c1-16(2)12-20(24(32)35-5)27-22(30)14-19(23(31)28-21(13-17(3)4)25(33)36-6)29-26(34)37-15-18-10-8-7-9-11-18/h7-11,16-17,19-21H,12-15H2,1-6H3,(H,27,30)(H,28,31)(H,29,34)/t19-,20-,21-/m0/s1. The molecule has 1 rings (SSSR count). The molecule has 1 aromatic rings. The topological polar surface area (TPSA) is 149 Å². The van der Waals surface area contributed by atoms with E-state index in [2.05, 4.69) is 16.0 Å². The van der Waals surface area contributed by atoms with E-state index in [0.717, 1.165) is 5.56 Å². The number of hydrogen-bond donors (Lipinski definition) is 3. The number of benzene rings is 1. The molecule has 0 aliphatic carbocycles. The number of alkyl carbamates (subject to hydrolysis) is 1. The first-order valence-electron chi connectivity index (χ1n) is 12.2. The van der Waals surface area contributed by atoms with Crippen molar-refractivity contribution in [3.8, 4) is 0 Å². The highest BCUT2D eigenvalue weighted by Crippen LogP contribution is 2.10. The van der Waals surface area contributed by atoms with Crippen LogP contribution in [-0.4, -0.2) is 62.2 Å². The Kier molecular flexibility index (Phi) is 13.7. The predicted octanol–water partition coefficient (Wildman–Crippen LogP) is 2.08. The monoisotopic (exact) mass is 521 g/mol. The van der Waals surface area contributed by atoms with Crippen LogP contribution in [0.25, 0.3) is 0 Å². The van der Waals surface area contributed by atoms with E-state index in [9.17, 15) is 24.0 Å². The number of carbonyl (C=O) groups is 5. The van der Waals surface area contributed by atoms with Gasteiger partial charge in [-0.25, -0.2) is 14.4 Å². The van der Waals surface area contributed by atoms with Gasteiger partial charge in [0, 0.05) is 0 Å². The highest BCUT2D eigenvalue weighted by molar-refractivity contribution is 5.94. The van der Waals surface area contributed by atoms with Crippen LogP contribution in [0.3, 0.4) is 0 Å². The molecule has 0 saturated carbocycles. The smallest absolute Gasteiger partial charge is 0.408 e. The molecule has 11 nitrogen and oxygen atoms in total. The normalized spacial score (nSPS) is 13.2. The van der Waals surface area contributed by atoms with Crippen LogP contribution in [0, 0.1) is 11.8 Å². The minimum atomic E-state index is -1.39. The molecular weight excluding hydrogens is 482 g/mol. The molecule has 37 heavy (non-hydrogen) atoms. The number of amides is 3. The SMILES string of the molecule is COC(=O)[C@H](CC(C)C)NC(=O)C[C@H](NC(=O)OCc1ccccc1)C(=O)N[C@@H](CC(C)C)C(=O)OC. The van der Waals surface area contributed by atoms with Crippen molar-refractivity contribution < 1.29 is 38.2 Å². The molecule has 0 heterocycles. The fourth-order valence-corrected chi connectivity index (χ4v) is 3.48. The summed E-state index contributed by atoms with van der Waals surface area (Å²) in [5, 5.41) is 7.49. The van der Waals surface area contributed by atoms with Gasteiger partial charge in [0.2, 0.25) is 11.8 Å². The Balaban J connectivity index is 3.01. The summed E-state index contributed by atoms with van der Waals surface area (Å²) < 4.78 is 14.7. The minimum absolute atomic E-state index is 0.0480. The first-order valence-corrected chi connectivity index (χ1v) is 12.2. The van der Waals surface area contributed by atoms with Gasteiger partial charge in [-0.05, 0) is 30.2 Å². The summed E-state index contributed by atoms with van der Waals surface area (Å²) in [6.07, 6.45) is -0.829. The summed E-state index contributed by atoms with van der Waals surface area (Å²) in [4.78, 5) is 62.7. The Labute approximate surface area is 218 Å². The van der Waals surface area contributed by atoms with E-state index < -0.39 is 54.4 Å². The third-order valence-electron chi connectivity index (χ3n) is 5.25. The van der Waals surface area contributed by atoms with E-state index >= 15 is 0 Å². The Bertz CT molecular complexity index is 904. The van der Waals surface area contributed by atoms with Crippen molar-refractivity contribution in [2.24, 2.45) is 11.8 Å². The fraction of sp³-hybridized carbons (Fsp3) is 0.577. The van der Waals surface area contributed by atoms with E-state index in [4.69, 9.17) is 14.2 Å². The number of ether oxygens (including phenoxy) is 3. The highest BCUT2D eigenvalue weighted by atomic mass is 16.5. The molecule has 0 bridgehead atoms. The largest absolute Gasteiger partial charge is 0.467 e. The average molecular weight is 522 g/mol. The molecule has 0 unspecified atom stereocenters. The Morgan fingerprint density at radius 1 is 0.730 bits per heavy atom. The van der Waals surface area contributed by atoms with Crippen molar-refractivity contribution in [1.29, 1.82) is 0 Å². The quantitative estimate of drug-likeness (QED) is 0.249. The van der Waals surface area contributed by atoms with Gasteiger partial charge in [-0.2, -0.15) is 0 Å². The van der Waals surface area contributed by atoms with Gasteiger partial charge in [0.05, 0.1) is 20.6 Å². The van der Waals surface area contributed by atoms with Crippen LogP contribution >= 0.6 is 0 Å². The summed E-state index contributed by atoms with van der Waals surface area (Å²) in [5.41, 5.74) is 0.730. The molecule has 0 aliphatic rings. The molecule has 0 radical (unpaired) electrons. The third kappa shape index (κ3) is 12.2. The van der Waals surface area contributed by atoms with E-state index in [0.29, 0.717) is 6.42 Å². The molecule has 0 saturated heterocycles. The number of nitrogens with one attached hydrogen (secondary N) is 3. The number of carbonyl (C=O) groups excluding carboxylic acids is 5. The van der Waals surface area contributed by atoms with Crippen LogP contribution in [0.15, 0.2) is 30.3 Å². The van der Waals surface area contributed by atoms with Crippen LogP contribution in [0.4, 0.5) is 4.79 Å². The van der Waals surface area contributed by atoms with Gasteiger partial charge < -0.3 is 30.2 Å². The van der Waals surface area contributed by atoms with Gasteiger partial charge >= 0.3 is 18.0 Å². The molecule has 3 atom stereocenters.